The maximum Gasteiger partial charge on any atom is 0.0731 e. The second kappa shape index (κ2) is 4.40. The number of halogens is 1. The first-order valence-electron chi connectivity index (χ1n) is 4.16. The summed E-state index contributed by atoms with van der Waals surface area (Å²) in [6, 6.07) is 2.25. The van der Waals surface area contributed by atoms with Crippen LogP contribution in [0.25, 0.3) is 0 Å². The van der Waals surface area contributed by atoms with Gasteiger partial charge in [0, 0.05) is 10.9 Å². The molecule has 3 heteroatoms. The van der Waals surface area contributed by atoms with Crippen molar-refractivity contribution < 1.29 is 0 Å². The van der Waals surface area contributed by atoms with Gasteiger partial charge in [0.05, 0.1) is 3.79 Å². The number of thiophene rings is 1. The van der Waals surface area contributed by atoms with E-state index in [0.29, 0.717) is 0 Å². The Hall–Kier alpha value is -0.120. The standard InChI is InChI=1S/C10H14BrNS/c1-6(2)4-8(12)9-5-7(3)10(11)13-9/h5,8H,1,4,12H2,2-3H3/t8-/m0/s1. The van der Waals surface area contributed by atoms with E-state index < -0.39 is 0 Å². The number of nitrogens with two attached hydrogens (primary N) is 1. The third-order valence-electron chi connectivity index (χ3n) is 1.81. The largest absolute Gasteiger partial charge is 0.323 e. The van der Waals surface area contributed by atoms with Crippen LogP contribution in [0.15, 0.2) is 22.0 Å². The summed E-state index contributed by atoms with van der Waals surface area (Å²) in [5.74, 6) is 0. The second-order valence-electron chi connectivity index (χ2n) is 3.37. The van der Waals surface area contributed by atoms with Crippen LogP contribution in [-0.4, -0.2) is 0 Å². The predicted molar refractivity (Wildman–Crippen MR) is 63.1 cm³/mol. The van der Waals surface area contributed by atoms with Crippen LogP contribution in [0.3, 0.4) is 0 Å². The lowest BCUT2D eigenvalue weighted by atomic mass is 10.1. The van der Waals surface area contributed by atoms with E-state index in [0.717, 1.165) is 12.0 Å². The highest BCUT2D eigenvalue weighted by molar-refractivity contribution is 9.11. The van der Waals surface area contributed by atoms with Gasteiger partial charge in [0.1, 0.15) is 0 Å². The normalized spacial score (nSPS) is 12.9. The summed E-state index contributed by atoms with van der Waals surface area (Å²) in [4.78, 5) is 1.23. The van der Waals surface area contributed by atoms with Crippen molar-refractivity contribution in [2.24, 2.45) is 5.73 Å². The van der Waals surface area contributed by atoms with Crippen LogP contribution in [0, 0.1) is 6.92 Å². The summed E-state index contributed by atoms with van der Waals surface area (Å²) >= 11 is 5.21. The van der Waals surface area contributed by atoms with Crippen LogP contribution < -0.4 is 5.73 Å². The highest BCUT2D eigenvalue weighted by Gasteiger charge is 2.10. The summed E-state index contributed by atoms with van der Waals surface area (Å²) in [5.41, 5.74) is 8.40. The van der Waals surface area contributed by atoms with E-state index in [2.05, 4.69) is 35.5 Å². The molecule has 1 aromatic rings. The Kier molecular flexibility index (Phi) is 3.71. The monoisotopic (exact) mass is 259 g/mol. The van der Waals surface area contributed by atoms with Crippen molar-refractivity contribution in [1.29, 1.82) is 0 Å². The highest BCUT2D eigenvalue weighted by atomic mass is 79.9. The van der Waals surface area contributed by atoms with Crippen LogP contribution in [0.1, 0.15) is 29.8 Å². The minimum atomic E-state index is 0.104. The average molecular weight is 260 g/mol. The maximum atomic E-state index is 6.01. The van der Waals surface area contributed by atoms with E-state index >= 15 is 0 Å². The molecule has 1 heterocycles. The lowest BCUT2D eigenvalue weighted by molar-refractivity contribution is 0.731. The fraction of sp³-hybridized carbons (Fsp3) is 0.400. The summed E-state index contributed by atoms with van der Waals surface area (Å²) in [6.45, 7) is 7.95. The molecule has 72 valence electrons. The number of hydrogen-bond acceptors (Lipinski definition) is 2. The zero-order valence-corrected chi connectivity index (χ0v) is 10.3. The van der Waals surface area contributed by atoms with Gasteiger partial charge in [-0.05, 0) is 47.8 Å². The van der Waals surface area contributed by atoms with Gasteiger partial charge >= 0.3 is 0 Å². The molecule has 0 aromatic carbocycles. The molecule has 0 aliphatic carbocycles. The smallest absolute Gasteiger partial charge is 0.0731 e. The third kappa shape index (κ3) is 2.93. The fourth-order valence-corrected chi connectivity index (χ4v) is 2.71. The van der Waals surface area contributed by atoms with E-state index in [4.69, 9.17) is 5.73 Å². The predicted octanol–water partition coefficient (Wildman–Crippen LogP) is 3.79. The molecule has 1 atom stereocenters. The van der Waals surface area contributed by atoms with Crippen molar-refractivity contribution in [3.63, 3.8) is 0 Å². The maximum absolute atomic E-state index is 6.01. The molecule has 1 nitrogen and oxygen atoms in total. The van der Waals surface area contributed by atoms with Crippen molar-refractivity contribution in [2.75, 3.05) is 0 Å². The molecule has 0 bridgehead atoms. The Morgan fingerprint density at radius 1 is 1.77 bits per heavy atom. The fourth-order valence-electron chi connectivity index (χ4n) is 1.14. The average Bonchev–Trinajstić information content (AvgIpc) is 2.31. The lowest BCUT2D eigenvalue weighted by Gasteiger charge is -2.07. The first kappa shape index (κ1) is 11.0. The molecule has 0 spiro atoms. The molecule has 1 aromatic heterocycles. The van der Waals surface area contributed by atoms with Gasteiger partial charge in [-0.1, -0.05) is 5.57 Å². The molecule has 13 heavy (non-hydrogen) atoms. The second-order valence-corrected chi connectivity index (χ2v) is 5.77. The molecule has 0 aliphatic rings. The Balaban J connectivity index is 2.77. The molecule has 0 saturated carbocycles. The van der Waals surface area contributed by atoms with Gasteiger partial charge < -0.3 is 5.73 Å². The Morgan fingerprint density at radius 2 is 2.38 bits per heavy atom. The molecule has 0 radical (unpaired) electrons. The number of rotatable bonds is 3. The van der Waals surface area contributed by atoms with Gasteiger partial charge in [-0.15, -0.1) is 17.9 Å². The Morgan fingerprint density at radius 3 is 2.77 bits per heavy atom. The molecule has 0 amide bonds. The molecule has 0 aliphatic heterocycles. The van der Waals surface area contributed by atoms with Crippen molar-refractivity contribution in [3.8, 4) is 0 Å². The van der Waals surface area contributed by atoms with E-state index in [-0.39, 0.29) is 6.04 Å². The SMILES string of the molecule is C=C(C)C[C@H](N)c1cc(C)c(Br)s1. The van der Waals surface area contributed by atoms with E-state index in [1.54, 1.807) is 11.3 Å². The minimum Gasteiger partial charge on any atom is -0.323 e. The molecule has 0 saturated heterocycles. The van der Waals surface area contributed by atoms with Gasteiger partial charge in [-0.25, -0.2) is 0 Å². The number of hydrogen-bond donors (Lipinski definition) is 1. The van der Waals surface area contributed by atoms with Crippen LogP contribution in [-0.2, 0) is 0 Å². The highest BCUT2D eigenvalue weighted by Crippen LogP contribution is 2.32. The molecule has 0 unspecified atom stereocenters. The summed E-state index contributed by atoms with van der Waals surface area (Å²) in [7, 11) is 0. The van der Waals surface area contributed by atoms with Gasteiger partial charge in [0.15, 0.2) is 0 Å². The van der Waals surface area contributed by atoms with E-state index in [9.17, 15) is 0 Å². The van der Waals surface area contributed by atoms with Crippen LogP contribution in [0.5, 0.6) is 0 Å². The Bertz CT molecular complexity index is 297. The van der Waals surface area contributed by atoms with Gasteiger partial charge in [-0.3, -0.25) is 0 Å². The van der Waals surface area contributed by atoms with Crippen LogP contribution >= 0.6 is 27.3 Å². The molecule has 1 rings (SSSR count). The topological polar surface area (TPSA) is 26.0 Å². The zero-order valence-electron chi connectivity index (χ0n) is 7.93. The van der Waals surface area contributed by atoms with Crippen molar-refractivity contribution in [2.45, 2.75) is 26.3 Å². The van der Waals surface area contributed by atoms with Crippen molar-refractivity contribution in [3.05, 3.63) is 32.4 Å². The molecular weight excluding hydrogens is 246 g/mol. The minimum absolute atomic E-state index is 0.104. The van der Waals surface area contributed by atoms with Gasteiger partial charge in [-0.2, -0.15) is 0 Å². The van der Waals surface area contributed by atoms with Crippen molar-refractivity contribution in [1.82, 2.24) is 0 Å². The van der Waals surface area contributed by atoms with Gasteiger partial charge in [0.25, 0.3) is 0 Å². The van der Waals surface area contributed by atoms with Crippen molar-refractivity contribution >= 4 is 27.3 Å². The number of aryl methyl sites for hydroxylation is 1. The zero-order chi connectivity index (χ0) is 10.0. The van der Waals surface area contributed by atoms with Crippen LogP contribution in [0.4, 0.5) is 0 Å². The van der Waals surface area contributed by atoms with E-state index in [1.165, 1.54) is 14.2 Å². The Labute approximate surface area is 91.8 Å². The third-order valence-corrected chi connectivity index (χ3v) is 4.08. The summed E-state index contributed by atoms with van der Waals surface area (Å²) in [6.07, 6.45) is 0.867. The quantitative estimate of drug-likeness (QED) is 0.822. The van der Waals surface area contributed by atoms with Crippen LogP contribution in [0.2, 0.25) is 0 Å². The first-order chi connectivity index (χ1) is 6.00. The molecule has 2 N–H and O–H groups in total. The van der Waals surface area contributed by atoms with Gasteiger partial charge in [0.2, 0.25) is 0 Å². The van der Waals surface area contributed by atoms with E-state index in [1.807, 2.05) is 6.92 Å². The first-order valence-corrected chi connectivity index (χ1v) is 5.77. The lowest BCUT2D eigenvalue weighted by Crippen LogP contribution is -2.08. The summed E-state index contributed by atoms with van der Waals surface area (Å²) in [5, 5.41) is 0. The summed E-state index contributed by atoms with van der Waals surface area (Å²) < 4.78 is 1.18. The molecule has 0 fully saturated rings. The molecular formula is C10H14BrNS.